The van der Waals surface area contributed by atoms with Crippen molar-refractivity contribution in [2.75, 3.05) is 18.0 Å². The number of hydrogen-bond acceptors (Lipinski definition) is 4. The number of benzene rings is 3. The maximum Gasteiger partial charge on any atom is 0.205 e. The molecule has 0 amide bonds. The summed E-state index contributed by atoms with van der Waals surface area (Å²) >= 11 is 0. The van der Waals surface area contributed by atoms with E-state index in [1.807, 2.05) is 24.3 Å². The van der Waals surface area contributed by atoms with Crippen molar-refractivity contribution in [3.05, 3.63) is 83.2 Å². The highest BCUT2D eigenvalue weighted by Gasteiger charge is 2.31. The second-order valence-corrected chi connectivity index (χ2v) is 6.89. The zero-order valence-corrected chi connectivity index (χ0v) is 16.1. The van der Waals surface area contributed by atoms with Gasteiger partial charge in [-0.05, 0) is 36.2 Å². The molecule has 0 saturated carbocycles. The average Bonchev–Trinajstić information content (AvgIpc) is 2.73. The minimum Gasteiger partial charge on any atom is -0.440 e. The van der Waals surface area contributed by atoms with Gasteiger partial charge in [-0.15, -0.1) is 0 Å². The first-order valence-electron chi connectivity index (χ1n) is 9.62. The first kappa shape index (κ1) is 17.9. The molecule has 0 saturated heterocycles. The van der Waals surface area contributed by atoms with E-state index in [2.05, 4.69) is 61.2 Å². The molecule has 0 radical (unpaired) electrons. The van der Waals surface area contributed by atoms with Crippen LogP contribution in [-0.2, 0) is 0 Å². The minimum absolute atomic E-state index is 0.185. The van der Waals surface area contributed by atoms with E-state index in [-0.39, 0.29) is 11.8 Å². The van der Waals surface area contributed by atoms with E-state index in [9.17, 15) is 5.26 Å². The zero-order valence-electron chi connectivity index (χ0n) is 16.1. The van der Waals surface area contributed by atoms with Crippen LogP contribution in [0.2, 0.25) is 0 Å². The highest BCUT2D eigenvalue weighted by atomic mass is 16.5. The normalized spacial score (nSPS) is 15.7. The number of anilines is 1. The molecule has 1 aliphatic heterocycles. The molecule has 0 aliphatic carbocycles. The summed E-state index contributed by atoms with van der Waals surface area (Å²) in [6.07, 6.45) is 0. The van der Waals surface area contributed by atoms with Crippen molar-refractivity contribution in [2.45, 2.75) is 19.8 Å². The van der Waals surface area contributed by atoms with Crippen molar-refractivity contribution in [1.29, 1.82) is 5.26 Å². The molecule has 0 fully saturated rings. The second-order valence-electron chi connectivity index (χ2n) is 6.89. The lowest BCUT2D eigenvalue weighted by atomic mass is 9.81. The molecule has 0 spiro atoms. The predicted octanol–water partition coefficient (Wildman–Crippen LogP) is 4.90. The number of nitrogens with zero attached hydrogens (tertiary/aromatic N) is 2. The summed E-state index contributed by atoms with van der Waals surface area (Å²) in [5.74, 6) is 0.661. The Morgan fingerprint density at radius 3 is 2.50 bits per heavy atom. The molecule has 0 bridgehead atoms. The van der Waals surface area contributed by atoms with Gasteiger partial charge < -0.3 is 15.4 Å². The number of nitrogens with two attached hydrogens (primary N) is 1. The molecule has 4 rings (SSSR count). The van der Waals surface area contributed by atoms with Gasteiger partial charge >= 0.3 is 0 Å². The van der Waals surface area contributed by atoms with Crippen LogP contribution < -0.4 is 15.4 Å². The van der Waals surface area contributed by atoms with E-state index in [1.165, 1.54) is 0 Å². The van der Waals surface area contributed by atoms with E-state index in [0.29, 0.717) is 5.57 Å². The van der Waals surface area contributed by atoms with Crippen LogP contribution in [0.5, 0.6) is 5.75 Å². The lowest BCUT2D eigenvalue weighted by Gasteiger charge is -2.29. The molecule has 140 valence electrons. The van der Waals surface area contributed by atoms with Crippen LogP contribution in [-0.4, -0.2) is 13.1 Å². The van der Waals surface area contributed by atoms with Gasteiger partial charge in [0.15, 0.2) is 0 Å². The third kappa shape index (κ3) is 2.86. The largest absolute Gasteiger partial charge is 0.440 e. The van der Waals surface area contributed by atoms with Gasteiger partial charge in [0.25, 0.3) is 0 Å². The maximum absolute atomic E-state index is 9.83. The van der Waals surface area contributed by atoms with Crippen molar-refractivity contribution < 1.29 is 4.74 Å². The highest BCUT2D eigenvalue weighted by molar-refractivity contribution is 5.87. The summed E-state index contributed by atoms with van der Waals surface area (Å²) in [4.78, 5) is 2.26. The Morgan fingerprint density at radius 1 is 1.00 bits per heavy atom. The third-order valence-electron chi connectivity index (χ3n) is 5.47. The number of fused-ring (bicyclic) bond motifs is 2. The Labute approximate surface area is 165 Å². The molecule has 3 aromatic rings. The molecule has 1 atom stereocenters. The standard InChI is InChI=1S/C24H23N3O/c1-3-27(4-2)17-12-13-20-22(14-17)28-24(26)21(15-25)23(20)19-11-7-9-16-8-5-6-10-18(16)19/h5-14,23H,3-4,26H2,1-2H3. The molecular formula is C24H23N3O. The van der Waals surface area contributed by atoms with Gasteiger partial charge in [-0.3, -0.25) is 0 Å². The summed E-state index contributed by atoms with van der Waals surface area (Å²) < 4.78 is 5.89. The summed E-state index contributed by atoms with van der Waals surface area (Å²) in [6, 6.07) is 22.9. The molecule has 28 heavy (non-hydrogen) atoms. The molecule has 3 aromatic carbocycles. The van der Waals surface area contributed by atoms with Crippen molar-refractivity contribution in [3.63, 3.8) is 0 Å². The van der Waals surface area contributed by atoms with Crippen LogP contribution in [0.3, 0.4) is 0 Å². The smallest absolute Gasteiger partial charge is 0.205 e. The molecular weight excluding hydrogens is 346 g/mol. The molecule has 1 heterocycles. The van der Waals surface area contributed by atoms with Gasteiger partial charge in [0, 0.05) is 30.4 Å². The van der Waals surface area contributed by atoms with Crippen LogP contribution >= 0.6 is 0 Å². The number of nitriles is 1. The molecule has 1 unspecified atom stereocenters. The Kier molecular flexibility index (Phi) is 4.67. The van der Waals surface area contributed by atoms with Crippen molar-refractivity contribution >= 4 is 16.5 Å². The van der Waals surface area contributed by atoms with Gasteiger partial charge in [-0.25, -0.2) is 0 Å². The van der Waals surface area contributed by atoms with Crippen molar-refractivity contribution in [2.24, 2.45) is 5.73 Å². The fourth-order valence-corrected chi connectivity index (χ4v) is 4.05. The Morgan fingerprint density at radius 2 is 1.75 bits per heavy atom. The lowest BCUT2D eigenvalue weighted by Crippen LogP contribution is -2.24. The van der Waals surface area contributed by atoms with Crippen LogP contribution in [0.1, 0.15) is 30.9 Å². The van der Waals surface area contributed by atoms with E-state index in [4.69, 9.17) is 10.5 Å². The summed E-state index contributed by atoms with van der Waals surface area (Å²) in [7, 11) is 0. The molecule has 4 nitrogen and oxygen atoms in total. The van der Waals surface area contributed by atoms with E-state index < -0.39 is 0 Å². The minimum atomic E-state index is -0.245. The third-order valence-corrected chi connectivity index (χ3v) is 5.47. The number of ether oxygens (including phenoxy) is 1. The van der Waals surface area contributed by atoms with Gasteiger partial charge in [-0.1, -0.05) is 48.5 Å². The van der Waals surface area contributed by atoms with Crippen LogP contribution in [0.4, 0.5) is 5.69 Å². The van der Waals surface area contributed by atoms with Crippen LogP contribution in [0.15, 0.2) is 72.1 Å². The topological polar surface area (TPSA) is 62.3 Å². The SMILES string of the molecule is CCN(CC)c1ccc2c(c1)OC(N)=C(C#N)C2c1cccc2ccccc12. The first-order chi connectivity index (χ1) is 13.7. The fraction of sp³-hybridized carbons (Fsp3) is 0.208. The predicted molar refractivity (Wildman–Crippen MR) is 113 cm³/mol. The van der Waals surface area contributed by atoms with E-state index >= 15 is 0 Å². The highest BCUT2D eigenvalue weighted by Crippen LogP contribution is 2.45. The Bertz CT molecular complexity index is 1100. The van der Waals surface area contributed by atoms with Gasteiger partial charge in [0.1, 0.15) is 17.4 Å². The van der Waals surface area contributed by atoms with Crippen LogP contribution in [0.25, 0.3) is 10.8 Å². The number of allylic oxidation sites excluding steroid dienone is 1. The monoisotopic (exact) mass is 369 g/mol. The molecule has 2 N–H and O–H groups in total. The lowest BCUT2D eigenvalue weighted by molar-refractivity contribution is 0.394. The number of hydrogen-bond donors (Lipinski definition) is 1. The van der Waals surface area contributed by atoms with Crippen LogP contribution in [0, 0.1) is 11.3 Å². The quantitative estimate of drug-likeness (QED) is 0.710. The average molecular weight is 369 g/mol. The zero-order chi connectivity index (χ0) is 19.7. The van der Waals surface area contributed by atoms with Crippen molar-refractivity contribution in [3.8, 4) is 11.8 Å². The van der Waals surface area contributed by atoms with E-state index in [0.717, 1.165) is 46.4 Å². The molecule has 4 heteroatoms. The van der Waals surface area contributed by atoms with Gasteiger partial charge in [0.2, 0.25) is 5.88 Å². The van der Waals surface area contributed by atoms with Crippen molar-refractivity contribution in [1.82, 2.24) is 0 Å². The first-order valence-corrected chi connectivity index (χ1v) is 9.62. The number of rotatable bonds is 4. The molecule has 0 aromatic heterocycles. The summed E-state index contributed by atoms with van der Waals surface area (Å²) in [6.45, 7) is 6.09. The summed E-state index contributed by atoms with van der Waals surface area (Å²) in [5, 5.41) is 12.1. The second kappa shape index (κ2) is 7.28. The Hall–Kier alpha value is -3.45. The van der Waals surface area contributed by atoms with E-state index in [1.54, 1.807) is 0 Å². The summed E-state index contributed by atoms with van der Waals surface area (Å²) in [5.41, 5.74) is 9.78. The van der Waals surface area contributed by atoms with Gasteiger partial charge in [-0.2, -0.15) is 5.26 Å². The van der Waals surface area contributed by atoms with Gasteiger partial charge in [0.05, 0.1) is 5.92 Å². The molecule has 1 aliphatic rings. The fourth-order valence-electron chi connectivity index (χ4n) is 4.05. The Balaban J connectivity index is 1.93. The maximum atomic E-state index is 9.83.